The second-order valence-electron chi connectivity index (χ2n) is 10.6. The minimum atomic E-state index is -1.54. The van der Waals surface area contributed by atoms with Gasteiger partial charge in [-0.05, 0) is 45.1 Å². The number of furan rings is 1. The van der Waals surface area contributed by atoms with Gasteiger partial charge in [0.05, 0.1) is 8.07 Å². The van der Waals surface area contributed by atoms with E-state index >= 15 is 0 Å². The molecule has 31 heavy (non-hydrogen) atoms. The number of rotatable bonds is 2. The van der Waals surface area contributed by atoms with Gasteiger partial charge in [0.1, 0.15) is 11.3 Å². The van der Waals surface area contributed by atoms with Crippen LogP contribution in [0.15, 0.2) is 71.3 Å². The topological polar surface area (TPSA) is 26.0 Å². The molecule has 0 radical (unpaired) electrons. The summed E-state index contributed by atoms with van der Waals surface area (Å²) in [6.45, 7) is 13.9. The van der Waals surface area contributed by atoms with Crippen molar-refractivity contribution >= 4 is 46.0 Å². The molecule has 2 heterocycles. The van der Waals surface area contributed by atoms with Crippen LogP contribution in [0.25, 0.3) is 44.0 Å². The van der Waals surface area contributed by atoms with Gasteiger partial charge in [0.15, 0.2) is 5.58 Å². The lowest BCUT2D eigenvalue weighted by atomic mass is 9.82. The van der Waals surface area contributed by atoms with Crippen molar-refractivity contribution in [3.8, 4) is 11.3 Å². The van der Waals surface area contributed by atoms with E-state index in [0.717, 1.165) is 27.8 Å². The molecule has 0 amide bonds. The molecular formula is C28H29NOSi. The summed E-state index contributed by atoms with van der Waals surface area (Å²) in [5.74, 6) is 0. The van der Waals surface area contributed by atoms with Crippen LogP contribution in [0.3, 0.4) is 0 Å². The Bertz CT molecular complexity index is 1450. The molecule has 5 rings (SSSR count). The minimum absolute atomic E-state index is 0.0301. The fourth-order valence-electron chi connectivity index (χ4n) is 4.59. The Morgan fingerprint density at radius 1 is 0.774 bits per heavy atom. The van der Waals surface area contributed by atoms with Crippen LogP contribution in [-0.4, -0.2) is 13.1 Å². The van der Waals surface area contributed by atoms with E-state index in [2.05, 4.69) is 101 Å². The predicted molar refractivity (Wildman–Crippen MR) is 136 cm³/mol. The molecule has 0 saturated carbocycles. The van der Waals surface area contributed by atoms with E-state index in [4.69, 9.17) is 9.40 Å². The Kier molecular flexibility index (Phi) is 4.39. The van der Waals surface area contributed by atoms with Crippen LogP contribution in [0.1, 0.15) is 26.3 Å². The number of para-hydroxylation sites is 1. The van der Waals surface area contributed by atoms with Gasteiger partial charge in [-0.15, -0.1) is 0 Å². The molecule has 0 saturated heterocycles. The van der Waals surface area contributed by atoms with Crippen LogP contribution in [0.4, 0.5) is 0 Å². The van der Waals surface area contributed by atoms with Crippen molar-refractivity contribution in [2.45, 2.75) is 45.8 Å². The van der Waals surface area contributed by atoms with Crippen LogP contribution < -0.4 is 5.19 Å². The molecule has 0 aliphatic carbocycles. The molecule has 3 heteroatoms. The average Bonchev–Trinajstić information content (AvgIpc) is 3.10. The van der Waals surface area contributed by atoms with E-state index in [9.17, 15) is 0 Å². The van der Waals surface area contributed by atoms with Gasteiger partial charge in [-0.2, -0.15) is 0 Å². The van der Waals surface area contributed by atoms with Crippen LogP contribution in [0.2, 0.25) is 19.6 Å². The number of hydrogen-bond acceptors (Lipinski definition) is 2. The Morgan fingerprint density at radius 3 is 2.23 bits per heavy atom. The van der Waals surface area contributed by atoms with Gasteiger partial charge in [0.25, 0.3) is 0 Å². The third-order valence-corrected chi connectivity index (χ3v) is 8.17. The predicted octanol–water partition coefficient (Wildman–Crippen LogP) is 7.64. The molecule has 0 spiro atoms. The van der Waals surface area contributed by atoms with Gasteiger partial charge in [-0.1, -0.05) is 82.9 Å². The summed E-state index contributed by atoms with van der Waals surface area (Å²) in [7, 11) is -1.54. The Hall–Kier alpha value is -2.91. The molecule has 0 aliphatic heterocycles. The van der Waals surface area contributed by atoms with Gasteiger partial charge < -0.3 is 4.42 Å². The highest BCUT2D eigenvalue weighted by molar-refractivity contribution is 6.90. The Morgan fingerprint density at radius 2 is 1.48 bits per heavy atom. The van der Waals surface area contributed by atoms with Crippen molar-refractivity contribution in [3.05, 3.63) is 72.4 Å². The van der Waals surface area contributed by atoms with Gasteiger partial charge in [0.2, 0.25) is 0 Å². The lowest BCUT2D eigenvalue weighted by Gasteiger charge is -2.22. The first-order chi connectivity index (χ1) is 14.6. The molecule has 0 fully saturated rings. The van der Waals surface area contributed by atoms with Gasteiger partial charge in [-0.3, -0.25) is 4.98 Å². The summed E-state index contributed by atoms with van der Waals surface area (Å²) < 4.78 is 6.61. The van der Waals surface area contributed by atoms with Crippen molar-refractivity contribution in [1.29, 1.82) is 0 Å². The van der Waals surface area contributed by atoms with Crippen molar-refractivity contribution < 1.29 is 4.42 Å². The third-order valence-electron chi connectivity index (χ3n) is 6.17. The molecule has 0 aliphatic rings. The highest BCUT2D eigenvalue weighted by Gasteiger charge is 2.24. The number of benzene rings is 3. The molecule has 2 aromatic heterocycles. The minimum Gasteiger partial charge on any atom is -0.454 e. The van der Waals surface area contributed by atoms with E-state index in [1.807, 2.05) is 6.20 Å². The second-order valence-corrected chi connectivity index (χ2v) is 15.6. The molecule has 5 aromatic rings. The molecule has 156 valence electrons. The average molecular weight is 424 g/mol. The largest absolute Gasteiger partial charge is 0.454 e. The van der Waals surface area contributed by atoms with Crippen molar-refractivity contribution in [3.63, 3.8) is 0 Å². The van der Waals surface area contributed by atoms with Crippen LogP contribution in [0.5, 0.6) is 0 Å². The maximum Gasteiger partial charge on any atom is 0.161 e. The maximum atomic E-state index is 6.61. The van der Waals surface area contributed by atoms with Crippen molar-refractivity contribution in [1.82, 2.24) is 4.98 Å². The fraction of sp³-hybridized carbons (Fsp3) is 0.250. The van der Waals surface area contributed by atoms with E-state index < -0.39 is 8.07 Å². The summed E-state index contributed by atoms with van der Waals surface area (Å²) in [4.78, 5) is 4.81. The number of hydrogen-bond donors (Lipinski definition) is 0. The quantitative estimate of drug-likeness (QED) is 0.273. The first-order valence-electron chi connectivity index (χ1n) is 11.0. The van der Waals surface area contributed by atoms with E-state index in [1.54, 1.807) is 0 Å². The zero-order valence-electron chi connectivity index (χ0n) is 19.2. The summed E-state index contributed by atoms with van der Waals surface area (Å²) in [6, 6.07) is 21.8. The summed E-state index contributed by atoms with van der Waals surface area (Å²) in [6.07, 6.45) is 1.92. The first kappa shape index (κ1) is 20.0. The van der Waals surface area contributed by atoms with Crippen LogP contribution in [0, 0.1) is 0 Å². The number of aromatic nitrogens is 1. The van der Waals surface area contributed by atoms with Gasteiger partial charge in [-0.25, -0.2) is 0 Å². The molecular weight excluding hydrogens is 394 g/mol. The van der Waals surface area contributed by atoms with E-state index in [0.29, 0.717) is 0 Å². The standard InChI is InChI=1S/C28H29NOSi/c1-28(2,3)23-17-19(16-18-10-7-8-11-20(18)23)25-27-22(14-15-29-25)21-12-9-13-24(26(21)30-27)31(4,5)6/h7-17H,1-6H3. The SMILES string of the molecule is CC(C)(C)c1cc(-c2nccc3c2oc2c([Si](C)(C)C)cccc23)cc2ccccc12. The molecule has 3 aromatic carbocycles. The highest BCUT2D eigenvalue weighted by Crippen LogP contribution is 2.38. The monoisotopic (exact) mass is 423 g/mol. The molecule has 0 N–H and O–H groups in total. The summed E-state index contributed by atoms with van der Waals surface area (Å²) >= 11 is 0. The van der Waals surface area contributed by atoms with Crippen LogP contribution in [-0.2, 0) is 5.41 Å². The highest BCUT2D eigenvalue weighted by atomic mass is 28.3. The zero-order chi connectivity index (χ0) is 22.0. The van der Waals surface area contributed by atoms with Crippen LogP contribution >= 0.6 is 0 Å². The van der Waals surface area contributed by atoms with Gasteiger partial charge in [0, 0.05) is 22.5 Å². The first-order valence-corrected chi connectivity index (χ1v) is 14.5. The number of nitrogens with zero attached hydrogens (tertiary/aromatic N) is 1. The molecule has 2 nitrogen and oxygen atoms in total. The van der Waals surface area contributed by atoms with Crippen molar-refractivity contribution in [2.24, 2.45) is 0 Å². The third kappa shape index (κ3) is 3.28. The smallest absolute Gasteiger partial charge is 0.161 e. The Labute approximate surface area is 184 Å². The van der Waals surface area contributed by atoms with Crippen molar-refractivity contribution in [2.75, 3.05) is 0 Å². The molecule has 0 unspecified atom stereocenters. The maximum absolute atomic E-state index is 6.61. The van der Waals surface area contributed by atoms with Gasteiger partial charge >= 0.3 is 0 Å². The lowest BCUT2D eigenvalue weighted by molar-refractivity contribution is 0.596. The Balaban J connectivity index is 1.85. The molecule has 0 bridgehead atoms. The number of fused-ring (bicyclic) bond motifs is 4. The summed E-state index contributed by atoms with van der Waals surface area (Å²) in [5, 5.41) is 6.24. The zero-order valence-corrected chi connectivity index (χ0v) is 20.2. The molecule has 0 atom stereocenters. The summed E-state index contributed by atoms with van der Waals surface area (Å²) in [5.41, 5.74) is 5.32. The number of pyridine rings is 1. The second kappa shape index (κ2) is 6.79. The van der Waals surface area contributed by atoms with E-state index in [1.165, 1.54) is 26.9 Å². The van der Waals surface area contributed by atoms with E-state index in [-0.39, 0.29) is 5.41 Å². The normalized spacial score (nSPS) is 12.8. The fourth-order valence-corrected chi connectivity index (χ4v) is 6.05. The lowest BCUT2D eigenvalue weighted by Crippen LogP contribution is -2.37.